The van der Waals surface area contributed by atoms with Crippen molar-refractivity contribution in [1.82, 2.24) is 14.4 Å². The van der Waals surface area contributed by atoms with Crippen molar-refractivity contribution in [3.63, 3.8) is 0 Å². The second-order valence-electron chi connectivity index (χ2n) is 13.0. The molecule has 1 aromatic heterocycles. The van der Waals surface area contributed by atoms with Crippen molar-refractivity contribution in [3.8, 4) is 0 Å². The summed E-state index contributed by atoms with van der Waals surface area (Å²) in [6, 6.07) is 2.14. The van der Waals surface area contributed by atoms with Crippen molar-refractivity contribution in [2.75, 3.05) is 20.3 Å². The number of esters is 1. The van der Waals surface area contributed by atoms with Crippen LogP contribution in [0.5, 0.6) is 0 Å². The first-order valence-corrected chi connectivity index (χ1v) is 19.5. The minimum Gasteiger partial charge on any atom is -0.467 e. The molecule has 2 heterocycles. The highest BCUT2D eigenvalue weighted by atomic mass is 32.2. The molecule has 0 radical (unpaired) electrons. The molecule has 0 aliphatic carbocycles. The third-order valence-electron chi connectivity index (χ3n) is 7.53. The molecule has 17 heteroatoms. The van der Waals surface area contributed by atoms with Gasteiger partial charge in [0.05, 0.1) is 35.8 Å². The van der Waals surface area contributed by atoms with Crippen LogP contribution in [-0.2, 0) is 40.2 Å². The zero-order valence-corrected chi connectivity index (χ0v) is 30.2. The maximum Gasteiger partial charge on any atom is 0.411 e. The smallest absolute Gasteiger partial charge is 0.411 e. The normalized spacial score (nSPS) is 17.4. The third-order valence-corrected chi connectivity index (χ3v) is 14.9. The number of thiazole rings is 1. The molecule has 1 aliphatic rings. The van der Waals surface area contributed by atoms with E-state index in [1.165, 1.54) is 18.2 Å². The Bertz CT molecular complexity index is 1580. The average Bonchev–Trinajstić information content (AvgIpc) is 3.38. The summed E-state index contributed by atoms with van der Waals surface area (Å²) in [4.78, 5) is 49.0. The highest BCUT2D eigenvalue weighted by molar-refractivity contribution is 7.89. The second-order valence-corrected chi connectivity index (χ2v) is 20.7. The van der Waals surface area contributed by atoms with Crippen molar-refractivity contribution in [3.05, 3.63) is 62.6 Å². The monoisotopic (exact) mass is 698 g/mol. The molecule has 0 bridgehead atoms. The number of carbonyl (C=O) groups excluding carboxylic acids is 2. The summed E-state index contributed by atoms with van der Waals surface area (Å²) in [7, 11) is -5.89. The maximum atomic E-state index is 14.2. The van der Waals surface area contributed by atoms with Gasteiger partial charge in [0.1, 0.15) is 16.7 Å². The molecule has 2 unspecified atom stereocenters. The van der Waals surface area contributed by atoms with Gasteiger partial charge in [-0.1, -0.05) is 43.4 Å². The number of nitro groups is 1. The number of amides is 1. The van der Waals surface area contributed by atoms with Crippen molar-refractivity contribution < 1.29 is 41.7 Å². The molecule has 1 aliphatic heterocycles. The molecule has 0 spiro atoms. The quantitative estimate of drug-likeness (QED) is 0.0903. The minimum atomic E-state index is -4.78. The molecule has 254 valence electrons. The lowest BCUT2D eigenvalue weighted by Gasteiger charge is -2.40. The Labute approximate surface area is 274 Å². The van der Waals surface area contributed by atoms with Gasteiger partial charge >= 0.3 is 12.1 Å². The van der Waals surface area contributed by atoms with Gasteiger partial charge in [0.2, 0.25) is 0 Å². The average molecular weight is 699 g/mol. The number of fused-ring (bicyclic) bond motifs is 1. The molecule has 2 atom stereocenters. The van der Waals surface area contributed by atoms with E-state index in [1.54, 1.807) is 20.8 Å². The minimum absolute atomic E-state index is 0.0535. The number of hydroxylamine groups is 1. The fourth-order valence-electron chi connectivity index (χ4n) is 4.26. The number of benzene rings is 1. The second kappa shape index (κ2) is 13.9. The zero-order chi connectivity index (χ0) is 34.8. The van der Waals surface area contributed by atoms with Gasteiger partial charge in [0.25, 0.3) is 15.7 Å². The Morgan fingerprint density at radius 3 is 2.39 bits per heavy atom. The number of nitrogens with zero attached hydrogens (tertiary/aromatic N) is 4. The van der Waals surface area contributed by atoms with E-state index in [0.717, 1.165) is 35.5 Å². The number of nitro benzene ring substituents is 1. The van der Waals surface area contributed by atoms with Crippen molar-refractivity contribution in [2.45, 2.75) is 88.9 Å². The van der Waals surface area contributed by atoms with Gasteiger partial charge in [-0.3, -0.25) is 19.9 Å². The van der Waals surface area contributed by atoms with Crippen molar-refractivity contribution in [2.24, 2.45) is 0 Å². The molecular weight excluding hydrogens is 657 g/mol. The van der Waals surface area contributed by atoms with E-state index in [0.29, 0.717) is 9.48 Å². The van der Waals surface area contributed by atoms with Gasteiger partial charge in [0.15, 0.2) is 19.3 Å². The van der Waals surface area contributed by atoms with Gasteiger partial charge in [0, 0.05) is 12.6 Å². The number of ether oxygens (including phenoxy) is 2. The summed E-state index contributed by atoms with van der Waals surface area (Å²) in [5.41, 5.74) is -1.60. The van der Waals surface area contributed by atoms with Crippen LogP contribution in [0.1, 0.15) is 69.2 Å². The molecule has 3 rings (SSSR count). The van der Waals surface area contributed by atoms with Gasteiger partial charge in [-0.2, -0.15) is 0 Å². The van der Waals surface area contributed by atoms with Crippen LogP contribution >= 0.6 is 11.3 Å². The highest BCUT2D eigenvalue weighted by Gasteiger charge is 2.50. The summed E-state index contributed by atoms with van der Waals surface area (Å²) >= 11 is 1.09. The molecule has 46 heavy (non-hydrogen) atoms. The van der Waals surface area contributed by atoms with Crippen LogP contribution in [0.2, 0.25) is 18.1 Å². The van der Waals surface area contributed by atoms with Gasteiger partial charge in [-0.25, -0.2) is 23.0 Å². The summed E-state index contributed by atoms with van der Waals surface area (Å²) in [5.74, 6) is -0.826. The molecule has 1 aromatic carbocycles. The largest absolute Gasteiger partial charge is 0.467 e. The molecule has 0 saturated heterocycles. The lowest BCUT2D eigenvalue weighted by molar-refractivity contribution is -0.388. The maximum absolute atomic E-state index is 14.2. The predicted octanol–water partition coefficient (Wildman–Crippen LogP) is 5.89. The van der Waals surface area contributed by atoms with Gasteiger partial charge < -0.3 is 13.9 Å². The lowest BCUT2D eigenvalue weighted by Crippen LogP contribution is -2.51. The summed E-state index contributed by atoms with van der Waals surface area (Å²) in [6.45, 7) is 18.2. The van der Waals surface area contributed by atoms with E-state index in [4.69, 9.17) is 18.7 Å². The molecular formula is C29H42N4O10S2Si. The Kier molecular flexibility index (Phi) is 11.2. The van der Waals surface area contributed by atoms with E-state index >= 15 is 0 Å². The Morgan fingerprint density at radius 1 is 1.22 bits per heavy atom. The van der Waals surface area contributed by atoms with E-state index < -0.39 is 70.1 Å². The Hall–Kier alpha value is -3.22. The fraction of sp³-hybridized carbons (Fsp3) is 0.552. The molecule has 14 nitrogen and oxygen atoms in total. The van der Waals surface area contributed by atoms with Crippen molar-refractivity contribution in [1.29, 1.82) is 0 Å². The first kappa shape index (κ1) is 37.2. The molecule has 0 fully saturated rings. The van der Waals surface area contributed by atoms with E-state index in [9.17, 15) is 28.1 Å². The topological polar surface area (TPSA) is 168 Å². The van der Waals surface area contributed by atoms with Crippen molar-refractivity contribution >= 4 is 47.4 Å². The van der Waals surface area contributed by atoms with Crippen LogP contribution in [0.15, 0.2) is 41.8 Å². The number of methoxy groups -OCH3 is 1. The van der Waals surface area contributed by atoms with Crippen LogP contribution < -0.4 is 0 Å². The molecule has 2 aromatic rings. The fourth-order valence-corrected chi connectivity index (χ4v) is 8.00. The Balaban J connectivity index is 2.28. The SMILES string of the molecule is C=CCON(C1CN(C(=O)OC(C)(C)C)C(C(=O)OC)c2nc(CO[Si](C)(C)C(C)(C)C)sc21)S(=O)(=O)c1ccccc1[N+](=O)[O-]. The number of sulfonamides is 1. The first-order chi connectivity index (χ1) is 21.2. The van der Waals surface area contributed by atoms with Crippen LogP contribution in [0, 0.1) is 10.1 Å². The molecule has 0 saturated carbocycles. The standard InChI is InChI=1S/C29H42N4O10S2Si/c1-11-16-41-33(45(38,39)21-15-13-12-14-19(21)32(36)37)20-17-31(27(35)43-28(2,3)4)24(26(34)40-8)23-25(20)44-22(30-23)18-42-46(9,10)29(5,6)7/h11-15,20,24H,1,16-18H2,2-10H3. The van der Waals surface area contributed by atoms with Crippen LogP contribution in [-0.4, -0.2) is 73.9 Å². The number of para-hydroxylation sites is 1. The number of aromatic nitrogens is 1. The van der Waals surface area contributed by atoms with Crippen LogP contribution in [0.3, 0.4) is 0 Å². The van der Waals surface area contributed by atoms with E-state index in [2.05, 4.69) is 45.4 Å². The Morgan fingerprint density at radius 2 is 1.85 bits per heavy atom. The number of rotatable bonds is 11. The highest BCUT2D eigenvalue weighted by Crippen LogP contribution is 2.45. The zero-order valence-electron chi connectivity index (χ0n) is 27.6. The van der Waals surface area contributed by atoms with Gasteiger partial charge in [-0.05, 0) is 45.0 Å². The predicted molar refractivity (Wildman–Crippen MR) is 173 cm³/mol. The molecule has 1 amide bonds. The van der Waals surface area contributed by atoms with Crippen LogP contribution in [0.4, 0.5) is 10.5 Å². The van der Waals surface area contributed by atoms with E-state index in [1.807, 2.05) is 0 Å². The molecule has 0 N–H and O–H groups in total. The van der Waals surface area contributed by atoms with E-state index in [-0.39, 0.29) is 28.8 Å². The number of hydrogen-bond acceptors (Lipinski definition) is 12. The van der Waals surface area contributed by atoms with Gasteiger partial charge in [-0.15, -0.1) is 17.9 Å². The summed E-state index contributed by atoms with van der Waals surface area (Å²) < 4.78 is 46.1. The summed E-state index contributed by atoms with van der Waals surface area (Å²) in [6.07, 6.45) is 0.372. The number of hydrogen-bond donors (Lipinski definition) is 0. The van der Waals surface area contributed by atoms with Crippen LogP contribution in [0.25, 0.3) is 0 Å². The summed E-state index contributed by atoms with van der Waals surface area (Å²) in [5, 5.41) is 12.2. The lowest BCUT2D eigenvalue weighted by atomic mass is 10.0. The number of carbonyl (C=O) groups is 2. The first-order valence-electron chi connectivity index (χ1n) is 14.4. The third kappa shape index (κ3) is 8.00.